The van der Waals surface area contributed by atoms with Crippen LogP contribution in [0.3, 0.4) is 0 Å². The summed E-state index contributed by atoms with van der Waals surface area (Å²) in [7, 11) is 0. The van der Waals surface area contributed by atoms with Crippen LogP contribution in [-0.4, -0.2) is 59.3 Å². The highest BCUT2D eigenvalue weighted by Crippen LogP contribution is 2.24. The molecule has 1 fully saturated rings. The number of hydrogen-bond donors (Lipinski definition) is 1. The molecule has 9 heteroatoms. The molecule has 3 heterocycles. The molecule has 2 aromatic rings. The predicted molar refractivity (Wildman–Crippen MR) is 110 cm³/mol. The summed E-state index contributed by atoms with van der Waals surface area (Å²) in [6, 6.07) is 2.80. The Morgan fingerprint density at radius 3 is 2.67 bits per heavy atom. The number of rotatable bonds is 7. The van der Waals surface area contributed by atoms with Gasteiger partial charge in [-0.2, -0.15) is 0 Å². The van der Waals surface area contributed by atoms with E-state index in [1.165, 1.54) is 16.2 Å². The monoisotopic (exact) mass is 432 g/mol. The Labute approximate surface area is 178 Å². The molecule has 0 aliphatic carbocycles. The van der Waals surface area contributed by atoms with Crippen LogP contribution in [0.2, 0.25) is 0 Å². The van der Waals surface area contributed by atoms with E-state index in [2.05, 4.69) is 4.98 Å². The van der Waals surface area contributed by atoms with Crippen LogP contribution in [0.1, 0.15) is 61.5 Å². The lowest BCUT2D eigenvalue weighted by Crippen LogP contribution is -2.41. The predicted octanol–water partition coefficient (Wildman–Crippen LogP) is 2.90. The van der Waals surface area contributed by atoms with Gasteiger partial charge in [-0.1, -0.05) is 6.07 Å². The van der Waals surface area contributed by atoms with E-state index in [4.69, 9.17) is 9.47 Å². The smallest absolute Gasteiger partial charge is 0.355 e. The summed E-state index contributed by atoms with van der Waals surface area (Å²) in [6.07, 6.45) is 1.20. The van der Waals surface area contributed by atoms with Crippen LogP contribution in [0.5, 0.6) is 0 Å². The number of aromatic amines is 1. The van der Waals surface area contributed by atoms with E-state index in [1.807, 2.05) is 0 Å². The fraction of sp³-hybridized carbons (Fsp3) is 0.429. The van der Waals surface area contributed by atoms with Crippen molar-refractivity contribution in [1.82, 2.24) is 9.88 Å². The van der Waals surface area contributed by atoms with Crippen LogP contribution >= 0.6 is 11.3 Å². The van der Waals surface area contributed by atoms with Gasteiger partial charge in [0.15, 0.2) is 6.61 Å². The molecule has 2 aromatic heterocycles. The van der Waals surface area contributed by atoms with Crippen molar-refractivity contribution in [2.75, 3.05) is 19.8 Å². The van der Waals surface area contributed by atoms with Crippen molar-refractivity contribution in [3.63, 3.8) is 0 Å². The highest BCUT2D eigenvalue weighted by molar-refractivity contribution is 7.12. The zero-order valence-electron chi connectivity index (χ0n) is 17.1. The minimum atomic E-state index is -0.698. The topological polar surface area (TPSA) is 106 Å². The Morgan fingerprint density at radius 2 is 2.00 bits per heavy atom. The summed E-state index contributed by atoms with van der Waals surface area (Å²) < 4.78 is 10.2. The molecule has 1 amide bonds. The van der Waals surface area contributed by atoms with Gasteiger partial charge in [0.1, 0.15) is 11.7 Å². The van der Waals surface area contributed by atoms with Crippen molar-refractivity contribution in [2.24, 2.45) is 0 Å². The number of nitrogens with one attached hydrogen (secondary N) is 1. The molecule has 0 aromatic carbocycles. The first kappa shape index (κ1) is 21.8. The Morgan fingerprint density at radius 1 is 1.23 bits per heavy atom. The quantitative estimate of drug-likeness (QED) is 0.533. The number of thiophene rings is 1. The normalized spacial score (nSPS) is 15.8. The van der Waals surface area contributed by atoms with Gasteiger partial charge in [0.2, 0.25) is 5.78 Å². The van der Waals surface area contributed by atoms with Gasteiger partial charge in [-0.25, -0.2) is 9.59 Å². The van der Waals surface area contributed by atoms with E-state index < -0.39 is 30.4 Å². The number of amides is 1. The SMILES string of the molecule is CCOC(=O)c1[nH]c(C)c(C(=O)COC(=O)[C@@H]2CCCN2C(=O)c2cccs2)c1C. The molecule has 0 saturated carbocycles. The van der Waals surface area contributed by atoms with Crippen LogP contribution in [0.15, 0.2) is 17.5 Å². The average molecular weight is 432 g/mol. The summed E-state index contributed by atoms with van der Waals surface area (Å²) >= 11 is 1.32. The van der Waals surface area contributed by atoms with Crippen molar-refractivity contribution in [3.8, 4) is 0 Å². The third kappa shape index (κ3) is 4.30. The van der Waals surface area contributed by atoms with Crippen LogP contribution < -0.4 is 0 Å². The van der Waals surface area contributed by atoms with E-state index in [-0.39, 0.29) is 18.2 Å². The number of aromatic nitrogens is 1. The number of ether oxygens (including phenoxy) is 2. The van der Waals surface area contributed by atoms with E-state index >= 15 is 0 Å². The maximum Gasteiger partial charge on any atom is 0.355 e. The Hall–Kier alpha value is -2.94. The van der Waals surface area contributed by atoms with Gasteiger partial charge in [0, 0.05) is 17.8 Å². The lowest BCUT2D eigenvalue weighted by Gasteiger charge is -2.22. The first-order valence-electron chi connectivity index (χ1n) is 9.75. The Bertz CT molecular complexity index is 963. The van der Waals surface area contributed by atoms with Gasteiger partial charge in [-0.05, 0) is 50.6 Å². The maximum absolute atomic E-state index is 12.7. The fourth-order valence-corrected chi connectivity index (χ4v) is 4.36. The van der Waals surface area contributed by atoms with Crippen LogP contribution in [0.4, 0.5) is 0 Å². The molecule has 0 spiro atoms. The first-order valence-corrected chi connectivity index (χ1v) is 10.6. The van der Waals surface area contributed by atoms with Gasteiger partial charge in [0.25, 0.3) is 5.91 Å². The number of carbonyl (C=O) groups is 4. The number of carbonyl (C=O) groups excluding carboxylic acids is 4. The van der Waals surface area contributed by atoms with Gasteiger partial charge in [-0.15, -0.1) is 11.3 Å². The number of ketones is 1. The Kier molecular flexibility index (Phi) is 6.71. The molecule has 0 radical (unpaired) electrons. The molecule has 160 valence electrons. The minimum Gasteiger partial charge on any atom is -0.461 e. The molecule has 0 unspecified atom stereocenters. The van der Waals surface area contributed by atoms with E-state index in [1.54, 1.807) is 38.3 Å². The molecular formula is C21H24N2O6S. The second-order valence-corrected chi connectivity index (χ2v) is 7.96. The number of esters is 2. The molecule has 1 saturated heterocycles. The molecule has 0 bridgehead atoms. The summed E-state index contributed by atoms with van der Waals surface area (Å²) in [4.78, 5) is 54.8. The molecule has 1 N–H and O–H groups in total. The lowest BCUT2D eigenvalue weighted by atomic mass is 10.1. The lowest BCUT2D eigenvalue weighted by molar-refractivity contribution is -0.147. The third-order valence-corrected chi connectivity index (χ3v) is 5.92. The number of nitrogens with zero attached hydrogens (tertiary/aromatic N) is 1. The van der Waals surface area contributed by atoms with Gasteiger partial charge in [0.05, 0.1) is 11.5 Å². The van der Waals surface area contributed by atoms with Crippen molar-refractivity contribution in [3.05, 3.63) is 44.9 Å². The van der Waals surface area contributed by atoms with Crippen molar-refractivity contribution in [1.29, 1.82) is 0 Å². The van der Waals surface area contributed by atoms with Gasteiger partial charge >= 0.3 is 11.9 Å². The molecule has 30 heavy (non-hydrogen) atoms. The summed E-state index contributed by atoms with van der Waals surface area (Å²) in [5, 5.41) is 1.81. The number of likely N-dealkylation sites (tertiary alicyclic amines) is 1. The standard InChI is InChI=1S/C21H24N2O6S/c1-4-28-21(27)18-12(2)17(13(3)22-18)15(24)11-29-20(26)14-7-5-9-23(14)19(25)16-8-6-10-30-16/h6,8,10,14,22H,4-5,7,9,11H2,1-3H3/t14-/m0/s1. The molecule has 3 rings (SSSR count). The fourth-order valence-electron chi connectivity index (χ4n) is 3.68. The number of H-pyrrole nitrogens is 1. The zero-order chi connectivity index (χ0) is 21.8. The Balaban J connectivity index is 1.65. The van der Waals surface area contributed by atoms with Gasteiger partial charge in [-0.3, -0.25) is 9.59 Å². The van der Waals surface area contributed by atoms with Crippen molar-refractivity contribution < 1.29 is 28.7 Å². The number of hydrogen-bond acceptors (Lipinski definition) is 7. The largest absolute Gasteiger partial charge is 0.461 e. The highest BCUT2D eigenvalue weighted by Gasteiger charge is 2.36. The second-order valence-electron chi connectivity index (χ2n) is 7.01. The summed E-state index contributed by atoms with van der Waals surface area (Å²) in [5.41, 5.74) is 1.49. The van der Waals surface area contributed by atoms with Crippen LogP contribution in [0.25, 0.3) is 0 Å². The number of Topliss-reactive ketones (excluding diaryl/α,β-unsaturated/α-hetero) is 1. The second kappa shape index (κ2) is 9.25. The maximum atomic E-state index is 12.7. The minimum absolute atomic E-state index is 0.202. The van der Waals surface area contributed by atoms with Crippen LogP contribution in [0, 0.1) is 13.8 Å². The van der Waals surface area contributed by atoms with Crippen molar-refractivity contribution in [2.45, 2.75) is 39.7 Å². The molecule has 1 aliphatic rings. The first-order chi connectivity index (χ1) is 14.3. The summed E-state index contributed by atoms with van der Waals surface area (Å²) in [5.74, 6) is -1.75. The average Bonchev–Trinajstić information content (AvgIpc) is 3.46. The van der Waals surface area contributed by atoms with Crippen LogP contribution in [-0.2, 0) is 14.3 Å². The molecule has 1 atom stereocenters. The van der Waals surface area contributed by atoms with Crippen molar-refractivity contribution >= 4 is 35.0 Å². The van der Waals surface area contributed by atoms with E-state index in [0.717, 1.165) is 0 Å². The molecule has 8 nitrogen and oxygen atoms in total. The highest BCUT2D eigenvalue weighted by atomic mass is 32.1. The van der Waals surface area contributed by atoms with E-state index in [9.17, 15) is 19.2 Å². The summed E-state index contributed by atoms with van der Waals surface area (Å²) in [6.45, 7) is 5.25. The molecule has 1 aliphatic heterocycles. The molecular weight excluding hydrogens is 408 g/mol. The zero-order valence-corrected chi connectivity index (χ0v) is 18.0. The van der Waals surface area contributed by atoms with Gasteiger partial charge < -0.3 is 19.4 Å². The van der Waals surface area contributed by atoms with E-state index in [0.29, 0.717) is 41.1 Å². The number of aryl methyl sites for hydroxylation is 1. The third-order valence-electron chi connectivity index (χ3n) is 5.06.